The second kappa shape index (κ2) is 14.6. The van der Waals surface area contributed by atoms with Gasteiger partial charge in [-0.05, 0) is 104 Å². The highest BCUT2D eigenvalue weighted by atomic mass is 35.5. The van der Waals surface area contributed by atoms with Crippen LogP contribution in [0, 0.1) is 17.8 Å². The van der Waals surface area contributed by atoms with Gasteiger partial charge in [-0.15, -0.1) is 9.46 Å². The number of nitrogens with one attached hydrogen (secondary N) is 1. The van der Waals surface area contributed by atoms with Gasteiger partial charge in [-0.2, -0.15) is 0 Å². The molecule has 2 aromatic carbocycles. The van der Waals surface area contributed by atoms with Crippen molar-refractivity contribution < 1.29 is 33.1 Å². The molecule has 14 heteroatoms. The number of aliphatic hydroxyl groups is 1. The lowest BCUT2D eigenvalue weighted by atomic mass is 9.68. The highest BCUT2D eigenvalue weighted by Gasteiger charge is 2.45. The van der Waals surface area contributed by atoms with Crippen molar-refractivity contribution in [2.75, 3.05) is 44.6 Å². The SMILES string of the molecule is COc1nn(C)cc1C(=O)NS1(=O)=NC(=O)c2ccc3c(c2)N(C[C@@H]2CC[C@H]2[C@@H](OC)CC[C@H](O)[C@H](C)C1)C[C@@]1(CCCc2cc(Cl)ccc21)CO3. The lowest BCUT2D eigenvalue weighted by Gasteiger charge is -2.46. The van der Waals surface area contributed by atoms with E-state index in [0.717, 1.165) is 49.4 Å². The largest absolute Gasteiger partial charge is 0.490 e. The summed E-state index contributed by atoms with van der Waals surface area (Å²) in [5.41, 5.74) is 3.25. The molecule has 1 fully saturated rings. The molecule has 7 rings (SSSR count). The Bertz CT molecular complexity index is 1980. The molecule has 2 amide bonds. The maximum absolute atomic E-state index is 14.6. The molecule has 2 N–H and O–H groups in total. The molecule has 2 bridgehead atoms. The van der Waals surface area contributed by atoms with Gasteiger partial charge in [0.1, 0.15) is 21.2 Å². The molecule has 12 nitrogen and oxygen atoms in total. The quantitative estimate of drug-likeness (QED) is 0.361. The molecule has 0 saturated heterocycles. The number of anilines is 1. The summed E-state index contributed by atoms with van der Waals surface area (Å²) >= 11 is 6.45. The molecule has 7 atom stereocenters. The number of rotatable bonds is 4. The first-order valence-electron chi connectivity index (χ1n) is 18.1. The molecule has 3 heterocycles. The van der Waals surface area contributed by atoms with Crippen LogP contribution in [0.4, 0.5) is 5.69 Å². The number of hydrogen-bond acceptors (Lipinski definition) is 9. The zero-order valence-electron chi connectivity index (χ0n) is 30.2. The number of halogens is 1. The monoisotopic (exact) mass is 753 g/mol. The van der Waals surface area contributed by atoms with Crippen molar-refractivity contribution in [3.63, 3.8) is 0 Å². The van der Waals surface area contributed by atoms with Crippen LogP contribution in [-0.4, -0.2) is 82.8 Å². The summed E-state index contributed by atoms with van der Waals surface area (Å²) < 4.78 is 40.7. The van der Waals surface area contributed by atoms with Gasteiger partial charge in [-0.1, -0.05) is 24.6 Å². The maximum atomic E-state index is 14.6. The van der Waals surface area contributed by atoms with E-state index in [1.807, 2.05) is 6.07 Å². The van der Waals surface area contributed by atoms with Crippen molar-refractivity contribution in [1.82, 2.24) is 14.5 Å². The molecular weight excluding hydrogens is 706 g/mol. The normalized spacial score (nSPS) is 30.5. The number of carbonyl (C=O) groups excluding carboxylic acids is 2. The van der Waals surface area contributed by atoms with Crippen LogP contribution in [-0.2, 0) is 33.5 Å². The molecule has 280 valence electrons. The Hall–Kier alpha value is -3.65. The van der Waals surface area contributed by atoms with Gasteiger partial charge < -0.3 is 24.2 Å². The molecule has 1 unspecified atom stereocenters. The Morgan fingerprint density at radius 1 is 1.15 bits per heavy atom. The van der Waals surface area contributed by atoms with Gasteiger partial charge in [0.2, 0.25) is 5.88 Å². The lowest BCUT2D eigenvalue weighted by molar-refractivity contribution is -0.0300. The summed E-state index contributed by atoms with van der Waals surface area (Å²) in [7, 11) is 0.991. The van der Waals surface area contributed by atoms with Crippen LogP contribution in [0.15, 0.2) is 47.0 Å². The van der Waals surface area contributed by atoms with Crippen molar-refractivity contribution in [1.29, 1.82) is 0 Å². The van der Waals surface area contributed by atoms with Gasteiger partial charge in [0.25, 0.3) is 11.8 Å². The topological polar surface area (TPSA) is 145 Å². The molecular formula is C38H48ClN5O7S. The van der Waals surface area contributed by atoms with Gasteiger partial charge in [0.15, 0.2) is 0 Å². The van der Waals surface area contributed by atoms with E-state index >= 15 is 0 Å². The molecule has 2 aliphatic heterocycles. The van der Waals surface area contributed by atoms with E-state index in [1.165, 1.54) is 29.1 Å². The van der Waals surface area contributed by atoms with Gasteiger partial charge >= 0.3 is 0 Å². The van der Waals surface area contributed by atoms with E-state index in [-0.39, 0.29) is 34.3 Å². The number of aryl methyl sites for hydroxylation is 2. The maximum Gasteiger partial charge on any atom is 0.286 e. The van der Waals surface area contributed by atoms with E-state index < -0.39 is 33.8 Å². The third kappa shape index (κ3) is 7.16. The third-order valence-corrected chi connectivity index (χ3v) is 13.8. The summed E-state index contributed by atoms with van der Waals surface area (Å²) in [6.45, 7) is 3.65. The number of carbonyl (C=O) groups is 2. The molecule has 1 saturated carbocycles. The van der Waals surface area contributed by atoms with Crippen molar-refractivity contribution in [2.24, 2.45) is 29.2 Å². The van der Waals surface area contributed by atoms with Gasteiger partial charge in [0, 0.05) is 49.4 Å². The van der Waals surface area contributed by atoms with E-state index in [1.54, 1.807) is 39.3 Å². The van der Waals surface area contributed by atoms with Crippen LogP contribution in [0.1, 0.15) is 77.3 Å². The Balaban J connectivity index is 1.31. The number of methoxy groups -OCH3 is 2. The van der Waals surface area contributed by atoms with Crippen LogP contribution >= 0.6 is 11.6 Å². The number of benzene rings is 2. The van der Waals surface area contributed by atoms with Gasteiger partial charge in [-0.3, -0.25) is 19.0 Å². The van der Waals surface area contributed by atoms with E-state index in [2.05, 4.69) is 31.2 Å². The summed E-state index contributed by atoms with van der Waals surface area (Å²) in [5, 5.41) is 16.2. The minimum absolute atomic E-state index is 0.0443. The fraction of sp³-hybridized carbons (Fsp3) is 0.553. The second-order valence-electron chi connectivity index (χ2n) is 15.0. The highest BCUT2D eigenvalue weighted by molar-refractivity contribution is 7.92. The Kier molecular flexibility index (Phi) is 10.3. The average molecular weight is 754 g/mol. The molecule has 0 radical (unpaired) electrons. The minimum Gasteiger partial charge on any atom is -0.490 e. The molecule has 3 aromatic rings. The van der Waals surface area contributed by atoms with Crippen LogP contribution in [0.25, 0.3) is 0 Å². The average Bonchev–Trinajstić information content (AvgIpc) is 3.42. The predicted molar refractivity (Wildman–Crippen MR) is 199 cm³/mol. The smallest absolute Gasteiger partial charge is 0.286 e. The number of ether oxygens (including phenoxy) is 3. The molecule has 52 heavy (non-hydrogen) atoms. The van der Waals surface area contributed by atoms with Gasteiger partial charge in [0.05, 0.1) is 37.4 Å². The third-order valence-electron chi connectivity index (χ3n) is 11.6. The first-order chi connectivity index (χ1) is 24.9. The van der Waals surface area contributed by atoms with E-state index in [9.17, 15) is 18.9 Å². The fourth-order valence-electron chi connectivity index (χ4n) is 8.70. The highest BCUT2D eigenvalue weighted by Crippen LogP contribution is 2.47. The van der Waals surface area contributed by atoms with Crippen molar-refractivity contribution in [3.05, 3.63) is 69.9 Å². The Morgan fingerprint density at radius 3 is 2.73 bits per heavy atom. The van der Waals surface area contributed by atoms with Gasteiger partial charge in [-0.25, -0.2) is 4.21 Å². The van der Waals surface area contributed by atoms with Crippen LogP contribution < -0.4 is 19.1 Å². The molecule has 2 aliphatic carbocycles. The fourth-order valence-corrected chi connectivity index (χ4v) is 10.8. The molecule has 4 aliphatic rings. The summed E-state index contributed by atoms with van der Waals surface area (Å²) in [6, 6.07) is 11.4. The number of hydrogen-bond donors (Lipinski definition) is 2. The zero-order chi connectivity index (χ0) is 36.8. The molecule has 1 aromatic heterocycles. The minimum atomic E-state index is -3.75. The standard InChI is InChI=1S/C38H48ClN5O7S/c1-23-20-52(48,42-36(47)29-19-43(2)40-37(29)50-4)41-35(46)25-8-13-34-31(17-25)44(18-26-7-10-28(26)33(49-3)14-12-32(23)45)21-38(22-51-34)15-5-6-24-16-27(39)9-11-30(24)38/h8-9,11,13,16-17,19,23,26,28,32-33,45H,5-7,10,12,14-15,18,20-22H2,1-4H3,(H,41,42,46,47,48)/t23-,26+,28-,32+,33+,38+,52?/m1/s1. The summed E-state index contributed by atoms with van der Waals surface area (Å²) in [5.74, 6) is -0.957. The van der Waals surface area contributed by atoms with Crippen molar-refractivity contribution in [2.45, 2.75) is 69.5 Å². The van der Waals surface area contributed by atoms with Crippen LogP contribution in [0.2, 0.25) is 5.02 Å². The van der Waals surface area contributed by atoms with E-state index in [0.29, 0.717) is 43.6 Å². The first kappa shape index (κ1) is 36.7. The Labute approximate surface area is 310 Å². The second-order valence-corrected chi connectivity index (χ2v) is 17.5. The van der Waals surface area contributed by atoms with Crippen LogP contribution in [0.3, 0.4) is 0 Å². The Morgan fingerprint density at radius 2 is 1.98 bits per heavy atom. The number of aliphatic hydroxyl groups excluding tert-OH is 1. The van der Waals surface area contributed by atoms with Crippen molar-refractivity contribution in [3.8, 4) is 11.6 Å². The first-order valence-corrected chi connectivity index (χ1v) is 20.2. The number of nitrogens with zero attached hydrogens (tertiary/aromatic N) is 4. The van der Waals surface area contributed by atoms with Crippen LogP contribution in [0.5, 0.6) is 11.6 Å². The number of fused-ring (bicyclic) bond motifs is 4. The summed E-state index contributed by atoms with van der Waals surface area (Å²) in [4.78, 5) is 29.9. The lowest BCUT2D eigenvalue weighted by Crippen LogP contribution is -2.50. The van der Waals surface area contributed by atoms with Crippen molar-refractivity contribution >= 4 is 39.0 Å². The summed E-state index contributed by atoms with van der Waals surface area (Å²) in [6.07, 6.45) is 6.50. The number of aromatic nitrogens is 2. The van der Waals surface area contributed by atoms with E-state index in [4.69, 9.17) is 25.8 Å². The number of amides is 2. The zero-order valence-corrected chi connectivity index (χ0v) is 31.8. The molecule has 1 spiro atoms. The predicted octanol–water partition coefficient (Wildman–Crippen LogP) is 5.34.